The molecule has 2 atom stereocenters. The number of oxime groups is 1. The molecule has 2 amide bonds. The fraction of sp³-hybridized carbons (Fsp3) is 0.261. The van der Waals surface area contributed by atoms with E-state index in [-0.39, 0.29) is 33.9 Å². The smallest absolute Gasteiger partial charge is 0.416 e. The minimum Gasteiger partial charge on any atom is -0.477 e. The standard InChI is InChI=1S/C23H19F3N10O5S3/c1-2-6-35-22(30-33-34-35)43-9-10-8-42-19-14(18(38)36(19)15(10)20(39)40)28-17(37)13(16-29-21(27)44-32-16)31-41-12-5-3-4-11(7-12)23(24,25)26/h2-5,7,14,19H,1,6,8-9H2,(H,28,37)(H,39,40)(H2,27,29,32)/b31-13-/t14?,19-/m1/s1. The number of halogens is 3. The molecule has 5 rings (SSSR count). The number of rotatable bonds is 11. The van der Waals surface area contributed by atoms with E-state index in [1.165, 1.54) is 34.3 Å². The fourth-order valence-corrected chi connectivity index (χ4v) is 6.84. The van der Waals surface area contributed by atoms with Gasteiger partial charge in [0.25, 0.3) is 11.8 Å². The molecule has 4 heterocycles. The Morgan fingerprint density at radius 2 is 2.16 bits per heavy atom. The first kappa shape index (κ1) is 30.9. The van der Waals surface area contributed by atoms with Crippen LogP contribution in [0.5, 0.6) is 5.75 Å². The third-order valence-corrected chi connectivity index (χ3v) is 8.91. The van der Waals surface area contributed by atoms with Crippen molar-refractivity contribution >= 4 is 63.7 Å². The van der Waals surface area contributed by atoms with Gasteiger partial charge in [0, 0.05) is 23.0 Å². The maximum absolute atomic E-state index is 13.3. The maximum atomic E-state index is 13.3. The van der Waals surface area contributed by atoms with Crippen molar-refractivity contribution in [3.05, 3.63) is 59.6 Å². The Hall–Kier alpha value is -4.50. The van der Waals surface area contributed by atoms with Crippen LogP contribution in [0.1, 0.15) is 11.4 Å². The van der Waals surface area contributed by atoms with Crippen LogP contribution in [0.4, 0.5) is 18.3 Å². The molecule has 15 nitrogen and oxygen atoms in total. The molecule has 0 saturated carbocycles. The summed E-state index contributed by atoms with van der Waals surface area (Å²) in [5.74, 6) is -3.24. The molecule has 1 unspecified atom stereocenters. The SMILES string of the molecule is C=CCn1nnnc1SCC1=C(C(=O)O)N2C(=O)C(NC(=O)/C(=N\Oc3cccc(C(F)(F)F)c3)c3nsc(N)n3)[C@H]2SC1. The summed E-state index contributed by atoms with van der Waals surface area (Å²) in [5, 5.41) is 27.1. The number of aromatic nitrogens is 6. The van der Waals surface area contributed by atoms with E-state index < -0.39 is 46.7 Å². The highest BCUT2D eigenvalue weighted by Gasteiger charge is 2.54. The molecule has 1 fully saturated rings. The quantitative estimate of drug-likeness (QED) is 0.0875. The Labute approximate surface area is 257 Å². The topological polar surface area (TPSA) is 204 Å². The molecular weight excluding hydrogens is 650 g/mol. The third kappa shape index (κ3) is 6.38. The number of nitrogens with one attached hydrogen (secondary N) is 1. The number of thioether (sulfide) groups is 2. The lowest BCUT2D eigenvalue weighted by Gasteiger charge is -2.49. The lowest BCUT2D eigenvalue weighted by Crippen LogP contribution is -2.71. The molecule has 2 aliphatic heterocycles. The highest BCUT2D eigenvalue weighted by molar-refractivity contribution is 8.01. The van der Waals surface area contributed by atoms with Crippen molar-refractivity contribution in [2.75, 3.05) is 17.2 Å². The van der Waals surface area contributed by atoms with E-state index in [4.69, 9.17) is 10.6 Å². The molecule has 4 N–H and O–H groups in total. The van der Waals surface area contributed by atoms with Crippen LogP contribution in [0.25, 0.3) is 0 Å². The Kier molecular flexibility index (Phi) is 8.87. The molecule has 230 valence electrons. The largest absolute Gasteiger partial charge is 0.477 e. The van der Waals surface area contributed by atoms with Crippen molar-refractivity contribution in [3.63, 3.8) is 0 Å². The Bertz CT molecular complexity index is 1690. The van der Waals surface area contributed by atoms with E-state index in [9.17, 15) is 32.7 Å². The number of aliphatic carboxylic acids is 1. The first-order valence-corrected chi connectivity index (χ1v) is 15.0. The van der Waals surface area contributed by atoms with Gasteiger partial charge in [-0.1, -0.05) is 29.1 Å². The number of tetrazole rings is 1. The van der Waals surface area contributed by atoms with E-state index in [0.29, 0.717) is 23.3 Å². The lowest BCUT2D eigenvalue weighted by atomic mass is 10.0. The number of allylic oxidation sites excluding steroid dienone is 1. The number of fused-ring (bicyclic) bond motifs is 1. The van der Waals surface area contributed by atoms with Crippen LogP contribution in [-0.4, -0.2) is 86.0 Å². The van der Waals surface area contributed by atoms with Crippen LogP contribution in [-0.2, 0) is 27.1 Å². The summed E-state index contributed by atoms with van der Waals surface area (Å²) in [7, 11) is 0. The number of benzene rings is 1. The van der Waals surface area contributed by atoms with Crippen molar-refractivity contribution in [2.24, 2.45) is 5.16 Å². The zero-order valence-corrected chi connectivity index (χ0v) is 24.4. The summed E-state index contributed by atoms with van der Waals surface area (Å²) < 4.78 is 44.7. The van der Waals surface area contributed by atoms with Crippen LogP contribution in [0.2, 0.25) is 0 Å². The molecule has 0 radical (unpaired) electrons. The number of carboxylic acid groups (broad SMARTS) is 1. The number of amides is 2. The number of hydrogen-bond acceptors (Lipinski definition) is 14. The van der Waals surface area contributed by atoms with E-state index in [0.717, 1.165) is 28.6 Å². The van der Waals surface area contributed by atoms with Crippen molar-refractivity contribution < 1.29 is 37.5 Å². The van der Waals surface area contributed by atoms with Crippen molar-refractivity contribution in [2.45, 2.75) is 29.3 Å². The third-order valence-electron chi connectivity index (χ3n) is 5.99. The van der Waals surface area contributed by atoms with Crippen LogP contribution >= 0.6 is 35.1 Å². The van der Waals surface area contributed by atoms with Crippen LogP contribution in [0, 0.1) is 0 Å². The monoisotopic (exact) mass is 668 g/mol. The molecule has 1 aromatic carbocycles. The van der Waals surface area contributed by atoms with Gasteiger partial charge in [0.05, 0.1) is 12.1 Å². The van der Waals surface area contributed by atoms with Crippen LogP contribution in [0.15, 0.2) is 58.5 Å². The van der Waals surface area contributed by atoms with Gasteiger partial charge < -0.3 is 21.0 Å². The number of carbonyl (C=O) groups is 3. The number of nitrogens with two attached hydrogens (primary N) is 1. The number of anilines is 1. The van der Waals surface area contributed by atoms with Gasteiger partial charge in [-0.3, -0.25) is 14.5 Å². The summed E-state index contributed by atoms with van der Waals surface area (Å²) >= 11 is 3.15. The first-order valence-electron chi connectivity index (χ1n) is 12.2. The molecule has 2 aromatic heterocycles. The molecule has 1 saturated heterocycles. The average Bonchev–Trinajstić information content (AvgIpc) is 3.62. The van der Waals surface area contributed by atoms with E-state index in [1.54, 1.807) is 6.08 Å². The molecule has 0 bridgehead atoms. The lowest BCUT2D eigenvalue weighted by molar-refractivity contribution is -0.150. The van der Waals surface area contributed by atoms with E-state index >= 15 is 0 Å². The van der Waals surface area contributed by atoms with Crippen LogP contribution < -0.4 is 15.9 Å². The highest BCUT2D eigenvalue weighted by Crippen LogP contribution is 2.41. The number of carboxylic acids is 1. The van der Waals surface area contributed by atoms with Gasteiger partial charge in [-0.25, -0.2) is 9.48 Å². The predicted molar refractivity (Wildman–Crippen MR) is 151 cm³/mol. The molecule has 21 heteroatoms. The fourth-order valence-electron chi connectivity index (χ4n) is 4.04. The van der Waals surface area contributed by atoms with Crippen molar-refractivity contribution in [1.29, 1.82) is 0 Å². The van der Waals surface area contributed by atoms with Gasteiger partial charge in [0.1, 0.15) is 17.1 Å². The summed E-state index contributed by atoms with van der Waals surface area (Å²) in [6.45, 7) is 3.98. The Morgan fingerprint density at radius 3 is 2.84 bits per heavy atom. The molecule has 44 heavy (non-hydrogen) atoms. The molecule has 3 aromatic rings. The van der Waals surface area contributed by atoms with Crippen molar-refractivity contribution in [3.8, 4) is 5.75 Å². The van der Waals surface area contributed by atoms with E-state index in [1.807, 2.05) is 0 Å². The molecule has 0 spiro atoms. The van der Waals surface area contributed by atoms with Crippen molar-refractivity contribution in [1.82, 2.24) is 39.8 Å². The van der Waals surface area contributed by atoms with Crippen LogP contribution in [0.3, 0.4) is 0 Å². The predicted octanol–water partition coefficient (Wildman–Crippen LogP) is 1.63. The number of carbonyl (C=O) groups excluding carboxylic acids is 2. The Morgan fingerprint density at radius 1 is 1.36 bits per heavy atom. The minimum absolute atomic E-state index is 0.0338. The molecule has 0 aliphatic carbocycles. The maximum Gasteiger partial charge on any atom is 0.416 e. The van der Waals surface area contributed by atoms with Gasteiger partial charge in [-0.05, 0) is 34.2 Å². The molecular formula is C23H19F3N10O5S3. The zero-order valence-electron chi connectivity index (χ0n) is 22.0. The zero-order chi connectivity index (χ0) is 31.6. The van der Waals surface area contributed by atoms with Gasteiger partial charge in [0.2, 0.25) is 16.7 Å². The van der Waals surface area contributed by atoms with Gasteiger partial charge >= 0.3 is 12.1 Å². The second-order valence-corrected chi connectivity index (χ2v) is 11.7. The Balaban J connectivity index is 1.33. The van der Waals surface area contributed by atoms with Gasteiger partial charge in [-0.15, -0.1) is 23.4 Å². The number of alkyl halides is 3. The first-order chi connectivity index (χ1) is 21.0. The number of hydrogen-bond donors (Lipinski definition) is 3. The number of β-lactam (4-membered cyclic amide) rings is 1. The second kappa shape index (κ2) is 12.6. The van der Waals surface area contributed by atoms with Gasteiger partial charge in [-0.2, -0.15) is 22.5 Å². The highest BCUT2D eigenvalue weighted by atomic mass is 32.2. The second-order valence-electron chi connectivity index (χ2n) is 8.85. The number of nitrogen functional groups attached to an aromatic ring is 1. The van der Waals surface area contributed by atoms with E-state index in [2.05, 4.69) is 41.9 Å². The summed E-state index contributed by atoms with van der Waals surface area (Å²) in [6, 6.07) is 2.64. The normalized spacial score (nSPS) is 18.5. The average molecular weight is 669 g/mol. The summed E-state index contributed by atoms with van der Waals surface area (Å²) in [5.41, 5.74) is 4.30. The number of nitrogens with zero attached hydrogens (tertiary/aromatic N) is 8. The molecule has 2 aliphatic rings. The summed E-state index contributed by atoms with van der Waals surface area (Å²) in [6.07, 6.45) is -3.05. The van der Waals surface area contributed by atoms with Gasteiger partial charge in [0.15, 0.2) is 10.9 Å². The summed E-state index contributed by atoms with van der Waals surface area (Å²) in [4.78, 5) is 48.7. The minimum atomic E-state index is -4.65.